The smallest absolute Gasteiger partial charge is 0.142 e. The van der Waals surface area contributed by atoms with E-state index in [1.165, 1.54) is 0 Å². The van der Waals surface area contributed by atoms with Crippen LogP contribution in [0, 0.1) is 5.41 Å². The molecule has 0 fully saturated rings. The summed E-state index contributed by atoms with van der Waals surface area (Å²) in [5, 5.41) is 22.3. The van der Waals surface area contributed by atoms with E-state index in [1.54, 1.807) is 36.4 Å². The number of hydrogen-bond acceptors (Lipinski definition) is 6. The van der Waals surface area contributed by atoms with Crippen LogP contribution in [0.15, 0.2) is 42.5 Å². The molecule has 2 aromatic rings. The lowest BCUT2D eigenvalue weighted by Crippen LogP contribution is -2.34. The second-order valence-corrected chi connectivity index (χ2v) is 6.22. The van der Waals surface area contributed by atoms with Gasteiger partial charge in [0, 0.05) is 24.3 Å². The maximum absolute atomic E-state index is 11.8. The summed E-state index contributed by atoms with van der Waals surface area (Å²) in [4.78, 5) is 14.0. The Kier molecular flexibility index (Phi) is 9.28. The minimum atomic E-state index is -1.23. The molecule has 2 rings (SSSR count). The predicted molar refractivity (Wildman–Crippen MR) is 117 cm³/mol. The molecule has 1 unspecified atom stereocenters. The zero-order chi connectivity index (χ0) is 20.7. The number of carbonyl (C=O) groups excluding carboxylic acids is 1. The van der Waals surface area contributed by atoms with Gasteiger partial charge in [-0.15, -0.1) is 12.4 Å². The molecule has 0 aliphatic rings. The van der Waals surface area contributed by atoms with Gasteiger partial charge < -0.3 is 30.6 Å². The lowest BCUT2D eigenvalue weighted by Gasteiger charge is -2.27. The highest BCUT2D eigenvalue weighted by Crippen LogP contribution is 2.32. The van der Waals surface area contributed by atoms with Crippen molar-refractivity contribution >= 4 is 35.6 Å². The molecule has 4 N–H and O–H groups in total. The number of amidine groups is 1. The normalized spacial score (nSPS) is 11.1. The Balaban J connectivity index is 0.00000420. The van der Waals surface area contributed by atoms with Gasteiger partial charge >= 0.3 is 0 Å². The summed E-state index contributed by atoms with van der Waals surface area (Å²) in [6.07, 6.45) is 0. The molecule has 2 aromatic carbocycles. The standard InChI is InChI=1S/C21H28N4O3.ClH/c1-4-25(5-2)17-13-15(9-12-18(17)28-6-3)19(21(26)27)24-16-10-7-14(8-11-16)20(22)23;/h7-13,19,24H,4-6H2,1-3H3,(H3,22,23)(H,26,27);1H/p-1. The monoisotopic (exact) mass is 419 g/mol. The minimum absolute atomic E-state index is 0. The fourth-order valence-electron chi connectivity index (χ4n) is 2.99. The molecular weight excluding hydrogens is 392 g/mol. The number of aliphatic carboxylic acids is 1. The highest BCUT2D eigenvalue weighted by atomic mass is 35.5. The van der Waals surface area contributed by atoms with Crippen LogP contribution in [0.2, 0.25) is 0 Å². The summed E-state index contributed by atoms with van der Waals surface area (Å²) < 4.78 is 5.71. The number of rotatable bonds is 10. The van der Waals surface area contributed by atoms with Gasteiger partial charge in [0.25, 0.3) is 0 Å². The van der Waals surface area contributed by atoms with E-state index in [9.17, 15) is 9.90 Å². The molecule has 0 saturated carbocycles. The summed E-state index contributed by atoms with van der Waals surface area (Å²) >= 11 is 0. The number of nitrogens with two attached hydrogens (primary N) is 1. The highest BCUT2D eigenvalue weighted by molar-refractivity contribution is 5.95. The SMILES string of the molecule is CCOc1ccc(C(Nc2ccc(C(=N)N)cc2)C(=O)[O-])cc1N(CC)CC.Cl. The van der Waals surface area contributed by atoms with Crippen LogP contribution >= 0.6 is 12.4 Å². The molecule has 0 aliphatic heterocycles. The summed E-state index contributed by atoms with van der Waals surface area (Å²) in [5.74, 6) is -0.554. The first-order valence-corrected chi connectivity index (χ1v) is 9.34. The number of nitrogens with one attached hydrogen (secondary N) is 2. The average Bonchev–Trinajstić information content (AvgIpc) is 2.68. The molecule has 1 atom stereocenters. The van der Waals surface area contributed by atoms with Crippen LogP contribution in [-0.4, -0.2) is 31.5 Å². The first-order chi connectivity index (χ1) is 13.4. The summed E-state index contributed by atoms with van der Waals surface area (Å²) in [6, 6.07) is 11.0. The average molecular weight is 420 g/mol. The maximum atomic E-state index is 11.8. The quantitative estimate of drug-likeness (QED) is 0.402. The third kappa shape index (κ3) is 6.02. The van der Waals surface area contributed by atoms with Crippen molar-refractivity contribution in [3.8, 4) is 5.75 Å². The topological polar surface area (TPSA) is 114 Å². The third-order valence-corrected chi connectivity index (χ3v) is 4.46. The molecule has 0 bridgehead atoms. The van der Waals surface area contributed by atoms with Crippen molar-refractivity contribution in [2.75, 3.05) is 29.9 Å². The molecule has 8 heteroatoms. The Hall–Kier alpha value is -2.93. The van der Waals surface area contributed by atoms with Crippen LogP contribution in [0.5, 0.6) is 5.75 Å². The first kappa shape index (κ1) is 24.1. The number of ether oxygens (including phenoxy) is 1. The van der Waals surface area contributed by atoms with E-state index in [2.05, 4.69) is 10.2 Å². The van der Waals surface area contributed by atoms with Crippen LogP contribution in [0.25, 0.3) is 0 Å². The van der Waals surface area contributed by atoms with Crippen molar-refractivity contribution in [1.29, 1.82) is 5.41 Å². The molecule has 0 aromatic heterocycles. The molecule has 7 nitrogen and oxygen atoms in total. The molecule has 0 saturated heterocycles. The lowest BCUT2D eigenvalue weighted by atomic mass is 10.0. The van der Waals surface area contributed by atoms with Gasteiger partial charge in [-0.25, -0.2) is 0 Å². The lowest BCUT2D eigenvalue weighted by molar-refractivity contribution is -0.307. The van der Waals surface area contributed by atoms with Crippen LogP contribution in [0.1, 0.15) is 37.9 Å². The van der Waals surface area contributed by atoms with Crippen LogP contribution in [-0.2, 0) is 4.79 Å². The minimum Gasteiger partial charge on any atom is -0.548 e. The molecule has 0 radical (unpaired) electrons. The number of halogens is 1. The molecule has 0 spiro atoms. The number of carboxylic acid groups (broad SMARTS) is 1. The van der Waals surface area contributed by atoms with Gasteiger partial charge in [-0.2, -0.15) is 0 Å². The van der Waals surface area contributed by atoms with Gasteiger partial charge in [0.2, 0.25) is 0 Å². The maximum Gasteiger partial charge on any atom is 0.142 e. The molecule has 158 valence electrons. The van der Waals surface area contributed by atoms with Crippen molar-refractivity contribution < 1.29 is 14.6 Å². The van der Waals surface area contributed by atoms with Gasteiger partial charge in [0.15, 0.2) is 0 Å². The number of anilines is 2. The Labute approximate surface area is 177 Å². The Morgan fingerprint density at radius 2 is 1.79 bits per heavy atom. The van der Waals surface area contributed by atoms with Gasteiger partial charge in [-0.3, -0.25) is 5.41 Å². The van der Waals surface area contributed by atoms with E-state index < -0.39 is 12.0 Å². The number of carbonyl (C=O) groups is 1. The van der Waals surface area contributed by atoms with Gasteiger partial charge in [-0.1, -0.05) is 6.07 Å². The van der Waals surface area contributed by atoms with Gasteiger partial charge in [0.1, 0.15) is 11.6 Å². The fraction of sp³-hybridized carbons (Fsp3) is 0.333. The summed E-state index contributed by atoms with van der Waals surface area (Å²) in [6.45, 7) is 8.06. The number of nitrogens with zero attached hydrogens (tertiary/aromatic N) is 1. The Morgan fingerprint density at radius 1 is 1.17 bits per heavy atom. The molecular formula is C21H28ClN4O3-. The second kappa shape index (κ2) is 11.2. The predicted octanol–water partition coefficient (Wildman–Crippen LogP) is 2.54. The molecule has 0 aliphatic carbocycles. The molecule has 29 heavy (non-hydrogen) atoms. The van der Waals surface area contributed by atoms with Crippen molar-refractivity contribution in [2.24, 2.45) is 5.73 Å². The van der Waals surface area contributed by atoms with E-state index in [0.29, 0.717) is 23.4 Å². The van der Waals surface area contributed by atoms with Crippen molar-refractivity contribution in [1.82, 2.24) is 0 Å². The Morgan fingerprint density at radius 3 is 2.28 bits per heavy atom. The van der Waals surface area contributed by atoms with Crippen molar-refractivity contribution in [3.63, 3.8) is 0 Å². The number of carboxylic acids is 1. The molecule has 0 heterocycles. The fourth-order valence-corrected chi connectivity index (χ4v) is 2.99. The van der Waals surface area contributed by atoms with E-state index >= 15 is 0 Å². The van der Waals surface area contributed by atoms with Crippen LogP contribution in [0.4, 0.5) is 11.4 Å². The zero-order valence-corrected chi connectivity index (χ0v) is 17.7. The van der Waals surface area contributed by atoms with E-state index in [4.69, 9.17) is 15.9 Å². The van der Waals surface area contributed by atoms with Crippen molar-refractivity contribution in [2.45, 2.75) is 26.8 Å². The summed E-state index contributed by atoms with van der Waals surface area (Å²) in [7, 11) is 0. The number of hydrogen-bond donors (Lipinski definition) is 3. The zero-order valence-electron chi connectivity index (χ0n) is 16.9. The molecule has 0 amide bonds. The highest BCUT2D eigenvalue weighted by Gasteiger charge is 2.17. The van der Waals surface area contributed by atoms with Gasteiger partial charge in [0.05, 0.1) is 24.3 Å². The van der Waals surface area contributed by atoms with E-state index in [-0.39, 0.29) is 18.2 Å². The third-order valence-electron chi connectivity index (χ3n) is 4.46. The van der Waals surface area contributed by atoms with E-state index in [1.807, 2.05) is 26.8 Å². The second-order valence-electron chi connectivity index (χ2n) is 6.22. The van der Waals surface area contributed by atoms with Crippen LogP contribution in [0.3, 0.4) is 0 Å². The largest absolute Gasteiger partial charge is 0.548 e. The van der Waals surface area contributed by atoms with Crippen molar-refractivity contribution in [3.05, 3.63) is 53.6 Å². The van der Waals surface area contributed by atoms with Gasteiger partial charge in [-0.05, 0) is 62.7 Å². The number of nitrogen functional groups attached to an aromatic ring is 1. The summed E-state index contributed by atoms with van der Waals surface area (Å²) in [5.41, 5.74) is 8.04. The first-order valence-electron chi connectivity index (χ1n) is 9.34. The van der Waals surface area contributed by atoms with Crippen LogP contribution < -0.4 is 25.8 Å². The Bertz CT molecular complexity index is 823. The van der Waals surface area contributed by atoms with E-state index in [0.717, 1.165) is 24.5 Å². The number of benzene rings is 2.